The van der Waals surface area contributed by atoms with E-state index in [1.807, 2.05) is 18.2 Å². The predicted molar refractivity (Wildman–Crippen MR) is 108 cm³/mol. The van der Waals surface area contributed by atoms with Crippen molar-refractivity contribution in [3.63, 3.8) is 0 Å². The predicted octanol–water partition coefficient (Wildman–Crippen LogP) is 3.00. The molecule has 0 aromatic heterocycles. The molecule has 0 atom stereocenters. The molecule has 5 heteroatoms. The third-order valence-electron chi connectivity index (χ3n) is 5.90. The van der Waals surface area contributed by atoms with Crippen LogP contribution in [0.4, 0.5) is 0 Å². The Morgan fingerprint density at radius 1 is 1.04 bits per heavy atom. The molecule has 1 saturated carbocycles. The van der Waals surface area contributed by atoms with E-state index in [9.17, 15) is 9.59 Å². The molecular weight excluding hydrogens is 338 g/mol. The molecule has 1 aliphatic carbocycles. The van der Waals surface area contributed by atoms with Crippen LogP contribution in [0.5, 0.6) is 0 Å². The van der Waals surface area contributed by atoms with E-state index in [1.54, 1.807) is 19.0 Å². The molecule has 2 fully saturated rings. The summed E-state index contributed by atoms with van der Waals surface area (Å²) in [5.74, 6) is 0.997. The topological polar surface area (TPSA) is 43.9 Å². The van der Waals surface area contributed by atoms with Gasteiger partial charge in [-0.3, -0.25) is 14.5 Å². The maximum absolute atomic E-state index is 12.6. The fourth-order valence-corrected chi connectivity index (χ4v) is 4.24. The molecule has 148 valence electrons. The largest absolute Gasteiger partial charge is 0.345 e. The van der Waals surface area contributed by atoms with E-state index in [4.69, 9.17) is 0 Å². The standard InChI is InChI=1S/C22H33N3O2/c1-23(2)22(27)20-10-6-9-19(15-20)17-24-11-13-25(14-12-24)21(26)16-18-7-4-3-5-8-18/h6,9-10,15,18H,3-5,7-8,11-14,16-17H2,1-2H3. The Hall–Kier alpha value is -1.88. The van der Waals surface area contributed by atoms with Crippen LogP contribution in [-0.4, -0.2) is 66.8 Å². The van der Waals surface area contributed by atoms with E-state index in [0.29, 0.717) is 11.8 Å². The summed E-state index contributed by atoms with van der Waals surface area (Å²) < 4.78 is 0. The van der Waals surface area contributed by atoms with Crippen LogP contribution >= 0.6 is 0 Å². The molecule has 0 spiro atoms. The molecule has 0 radical (unpaired) electrons. The Kier molecular flexibility index (Phi) is 6.89. The number of benzene rings is 1. The molecule has 0 unspecified atom stereocenters. The molecule has 3 rings (SSSR count). The molecule has 2 amide bonds. The van der Waals surface area contributed by atoms with E-state index >= 15 is 0 Å². The highest BCUT2D eigenvalue weighted by Gasteiger charge is 2.24. The van der Waals surface area contributed by atoms with Crippen LogP contribution in [0.15, 0.2) is 24.3 Å². The highest BCUT2D eigenvalue weighted by Crippen LogP contribution is 2.27. The zero-order valence-electron chi connectivity index (χ0n) is 16.8. The minimum Gasteiger partial charge on any atom is -0.345 e. The van der Waals surface area contributed by atoms with Gasteiger partial charge in [0.2, 0.25) is 5.91 Å². The van der Waals surface area contributed by atoms with Gasteiger partial charge in [-0.25, -0.2) is 0 Å². The van der Waals surface area contributed by atoms with Gasteiger partial charge in [0.25, 0.3) is 5.91 Å². The minimum absolute atomic E-state index is 0.0370. The number of hydrogen-bond donors (Lipinski definition) is 0. The summed E-state index contributed by atoms with van der Waals surface area (Å²) in [5, 5.41) is 0. The normalized spacial score (nSPS) is 19.1. The Labute approximate surface area is 163 Å². The number of amides is 2. The molecule has 0 N–H and O–H groups in total. The van der Waals surface area contributed by atoms with Crippen molar-refractivity contribution in [3.05, 3.63) is 35.4 Å². The van der Waals surface area contributed by atoms with Gasteiger partial charge in [0, 0.05) is 58.8 Å². The lowest BCUT2D eigenvalue weighted by Crippen LogP contribution is -2.48. The summed E-state index contributed by atoms with van der Waals surface area (Å²) >= 11 is 0. The van der Waals surface area contributed by atoms with Gasteiger partial charge in [-0.05, 0) is 36.5 Å². The Morgan fingerprint density at radius 3 is 2.41 bits per heavy atom. The van der Waals surface area contributed by atoms with Crippen LogP contribution < -0.4 is 0 Å². The van der Waals surface area contributed by atoms with Gasteiger partial charge >= 0.3 is 0 Å². The summed E-state index contributed by atoms with van der Waals surface area (Å²) in [7, 11) is 3.55. The maximum Gasteiger partial charge on any atom is 0.253 e. The number of piperazine rings is 1. The van der Waals surface area contributed by atoms with Crippen LogP contribution in [0.1, 0.15) is 54.4 Å². The van der Waals surface area contributed by atoms with Crippen LogP contribution in [0, 0.1) is 5.92 Å². The summed E-state index contributed by atoms with van der Waals surface area (Å²) in [5.41, 5.74) is 1.89. The molecule has 1 aromatic carbocycles. The first-order valence-corrected chi connectivity index (χ1v) is 10.3. The van der Waals surface area contributed by atoms with Crippen molar-refractivity contribution < 1.29 is 9.59 Å². The van der Waals surface area contributed by atoms with Crippen LogP contribution in [0.25, 0.3) is 0 Å². The SMILES string of the molecule is CN(C)C(=O)c1cccc(CN2CCN(C(=O)CC3CCCCC3)CC2)c1. The van der Waals surface area contributed by atoms with Gasteiger partial charge in [0.15, 0.2) is 0 Å². The van der Waals surface area contributed by atoms with E-state index in [2.05, 4.69) is 15.9 Å². The first-order valence-electron chi connectivity index (χ1n) is 10.3. The summed E-state index contributed by atoms with van der Waals surface area (Å²) in [6.45, 7) is 4.29. The molecule has 1 saturated heterocycles. The number of nitrogens with zero attached hydrogens (tertiary/aromatic N) is 3. The average Bonchev–Trinajstić information content (AvgIpc) is 2.69. The zero-order valence-corrected chi connectivity index (χ0v) is 16.8. The van der Waals surface area contributed by atoms with E-state index < -0.39 is 0 Å². The van der Waals surface area contributed by atoms with Gasteiger partial charge in [-0.1, -0.05) is 31.4 Å². The number of hydrogen-bond acceptors (Lipinski definition) is 3. The van der Waals surface area contributed by atoms with Crippen molar-refractivity contribution in [3.8, 4) is 0 Å². The van der Waals surface area contributed by atoms with Crippen LogP contribution in [0.2, 0.25) is 0 Å². The second-order valence-corrected chi connectivity index (χ2v) is 8.27. The number of carbonyl (C=O) groups excluding carboxylic acids is 2. The fraction of sp³-hybridized carbons (Fsp3) is 0.636. The van der Waals surface area contributed by atoms with E-state index in [-0.39, 0.29) is 5.91 Å². The second-order valence-electron chi connectivity index (χ2n) is 8.27. The smallest absolute Gasteiger partial charge is 0.253 e. The summed E-state index contributed by atoms with van der Waals surface area (Å²) in [4.78, 5) is 30.8. The first-order chi connectivity index (χ1) is 13.0. The van der Waals surface area contributed by atoms with Gasteiger partial charge in [-0.15, -0.1) is 0 Å². The molecule has 5 nitrogen and oxygen atoms in total. The van der Waals surface area contributed by atoms with Crippen molar-refractivity contribution in [2.75, 3.05) is 40.3 Å². The molecular formula is C22H33N3O2. The third kappa shape index (κ3) is 5.55. The lowest BCUT2D eigenvalue weighted by Gasteiger charge is -2.35. The summed E-state index contributed by atoms with van der Waals surface area (Å²) in [6.07, 6.45) is 7.13. The Bertz CT molecular complexity index is 645. The molecule has 2 aliphatic rings. The zero-order chi connectivity index (χ0) is 19.2. The molecule has 27 heavy (non-hydrogen) atoms. The number of carbonyl (C=O) groups is 2. The lowest BCUT2D eigenvalue weighted by molar-refractivity contribution is -0.134. The van der Waals surface area contributed by atoms with Gasteiger partial charge in [-0.2, -0.15) is 0 Å². The van der Waals surface area contributed by atoms with Crippen molar-refractivity contribution in [2.45, 2.75) is 45.1 Å². The average molecular weight is 372 g/mol. The van der Waals surface area contributed by atoms with Crippen LogP contribution in [-0.2, 0) is 11.3 Å². The molecule has 1 aromatic rings. The summed E-state index contributed by atoms with van der Waals surface area (Å²) in [6, 6.07) is 7.89. The van der Waals surface area contributed by atoms with E-state index in [1.165, 1.54) is 32.1 Å². The van der Waals surface area contributed by atoms with E-state index in [0.717, 1.165) is 50.3 Å². The van der Waals surface area contributed by atoms with Crippen LogP contribution in [0.3, 0.4) is 0 Å². The van der Waals surface area contributed by atoms with Crippen molar-refractivity contribution >= 4 is 11.8 Å². The third-order valence-corrected chi connectivity index (χ3v) is 5.90. The second kappa shape index (κ2) is 9.36. The van der Waals surface area contributed by atoms with Crippen molar-refractivity contribution in [2.24, 2.45) is 5.92 Å². The van der Waals surface area contributed by atoms with Crippen molar-refractivity contribution in [1.82, 2.24) is 14.7 Å². The van der Waals surface area contributed by atoms with Gasteiger partial charge in [0.1, 0.15) is 0 Å². The highest BCUT2D eigenvalue weighted by molar-refractivity contribution is 5.94. The quantitative estimate of drug-likeness (QED) is 0.799. The molecule has 1 aliphatic heterocycles. The fourth-order valence-electron chi connectivity index (χ4n) is 4.24. The Morgan fingerprint density at radius 2 is 1.74 bits per heavy atom. The number of rotatable bonds is 5. The van der Waals surface area contributed by atoms with Gasteiger partial charge in [0.05, 0.1) is 0 Å². The maximum atomic E-state index is 12.6. The lowest BCUT2D eigenvalue weighted by atomic mass is 9.86. The Balaban J connectivity index is 1.47. The minimum atomic E-state index is 0.0370. The highest BCUT2D eigenvalue weighted by atomic mass is 16.2. The molecule has 1 heterocycles. The first kappa shape index (κ1) is 19.9. The van der Waals surface area contributed by atoms with Gasteiger partial charge < -0.3 is 9.80 Å². The molecule has 0 bridgehead atoms. The van der Waals surface area contributed by atoms with Crippen molar-refractivity contribution in [1.29, 1.82) is 0 Å². The monoisotopic (exact) mass is 371 g/mol.